The van der Waals surface area contributed by atoms with E-state index in [4.69, 9.17) is 32.7 Å². The SMILES string of the molecule is Clc1ccc([C@@]2(CBr)OC[C@H](c3ccccc3Cl)O2)cc1. The van der Waals surface area contributed by atoms with E-state index in [0.29, 0.717) is 22.0 Å². The van der Waals surface area contributed by atoms with Crippen LogP contribution in [0.2, 0.25) is 10.0 Å². The van der Waals surface area contributed by atoms with E-state index in [1.54, 1.807) is 0 Å². The first-order valence-electron chi connectivity index (χ1n) is 6.53. The average molecular weight is 388 g/mol. The van der Waals surface area contributed by atoms with E-state index in [0.717, 1.165) is 11.1 Å². The minimum absolute atomic E-state index is 0.188. The first-order valence-corrected chi connectivity index (χ1v) is 8.40. The summed E-state index contributed by atoms with van der Waals surface area (Å²) in [4.78, 5) is 0. The van der Waals surface area contributed by atoms with Crippen molar-refractivity contribution in [3.63, 3.8) is 0 Å². The van der Waals surface area contributed by atoms with Crippen molar-refractivity contribution in [2.75, 3.05) is 11.9 Å². The highest BCUT2D eigenvalue weighted by Crippen LogP contribution is 2.43. The molecule has 2 aromatic carbocycles. The number of halogens is 3. The summed E-state index contributed by atoms with van der Waals surface area (Å²) in [5, 5.41) is 1.90. The minimum atomic E-state index is -0.811. The Morgan fingerprint density at radius 3 is 2.48 bits per heavy atom. The fraction of sp³-hybridized carbons (Fsp3) is 0.250. The second-order valence-electron chi connectivity index (χ2n) is 4.83. The first-order chi connectivity index (χ1) is 10.1. The van der Waals surface area contributed by atoms with Crippen molar-refractivity contribution in [3.8, 4) is 0 Å². The van der Waals surface area contributed by atoms with Crippen molar-refractivity contribution in [1.29, 1.82) is 0 Å². The zero-order valence-electron chi connectivity index (χ0n) is 11.1. The van der Waals surface area contributed by atoms with Crippen LogP contribution in [0.3, 0.4) is 0 Å². The fourth-order valence-corrected chi connectivity index (χ4v) is 3.40. The summed E-state index contributed by atoms with van der Waals surface area (Å²) in [5.41, 5.74) is 1.87. The molecule has 1 aliphatic heterocycles. The molecule has 110 valence electrons. The van der Waals surface area contributed by atoms with Gasteiger partial charge >= 0.3 is 0 Å². The zero-order valence-corrected chi connectivity index (χ0v) is 14.2. The van der Waals surface area contributed by atoms with E-state index in [1.165, 1.54) is 0 Å². The molecule has 0 aliphatic carbocycles. The van der Waals surface area contributed by atoms with Crippen molar-refractivity contribution < 1.29 is 9.47 Å². The average Bonchev–Trinajstić information content (AvgIpc) is 2.94. The van der Waals surface area contributed by atoms with Crippen LogP contribution in [-0.4, -0.2) is 11.9 Å². The van der Waals surface area contributed by atoms with Gasteiger partial charge in [0.1, 0.15) is 6.10 Å². The number of rotatable bonds is 3. The van der Waals surface area contributed by atoms with Gasteiger partial charge in [-0.3, -0.25) is 0 Å². The molecule has 0 unspecified atom stereocenters. The van der Waals surface area contributed by atoms with Crippen LogP contribution >= 0.6 is 39.1 Å². The zero-order chi connectivity index (χ0) is 14.9. The van der Waals surface area contributed by atoms with Gasteiger partial charge in [0.25, 0.3) is 0 Å². The van der Waals surface area contributed by atoms with E-state index >= 15 is 0 Å². The van der Waals surface area contributed by atoms with E-state index in [9.17, 15) is 0 Å². The molecule has 1 fully saturated rings. The van der Waals surface area contributed by atoms with Crippen LogP contribution in [0.4, 0.5) is 0 Å². The number of hydrogen-bond donors (Lipinski definition) is 0. The van der Waals surface area contributed by atoms with E-state index in [-0.39, 0.29) is 6.10 Å². The molecule has 2 nitrogen and oxygen atoms in total. The Morgan fingerprint density at radius 1 is 1.10 bits per heavy atom. The highest BCUT2D eigenvalue weighted by molar-refractivity contribution is 9.09. The molecule has 1 saturated heterocycles. The molecule has 0 saturated carbocycles. The maximum absolute atomic E-state index is 6.24. The van der Waals surface area contributed by atoms with Crippen molar-refractivity contribution in [2.45, 2.75) is 11.9 Å². The third-order valence-electron chi connectivity index (χ3n) is 3.51. The predicted molar refractivity (Wildman–Crippen MR) is 88.2 cm³/mol. The van der Waals surface area contributed by atoms with Gasteiger partial charge < -0.3 is 9.47 Å². The lowest BCUT2D eigenvalue weighted by atomic mass is 10.1. The molecule has 2 atom stereocenters. The summed E-state index contributed by atoms with van der Waals surface area (Å²) >= 11 is 15.7. The van der Waals surface area contributed by atoms with Crippen LogP contribution in [0.1, 0.15) is 17.2 Å². The maximum Gasteiger partial charge on any atom is 0.205 e. The van der Waals surface area contributed by atoms with E-state index in [2.05, 4.69) is 15.9 Å². The lowest BCUT2D eigenvalue weighted by Gasteiger charge is -2.26. The van der Waals surface area contributed by atoms with Crippen molar-refractivity contribution >= 4 is 39.1 Å². The lowest BCUT2D eigenvalue weighted by Crippen LogP contribution is -2.29. The normalized spacial score (nSPS) is 25.2. The van der Waals surface area contributed by atoms with Gasteiger partial charge in [-0.2, -0.15) is 0 Å². The number of hydrogen-bond acceptors (Lipinski definition) is 2. The van der Waals surface area contributed by atoms with Crippen molar-refractivity contribution in [2.24, 2.45) is 0 Å². The molecule has 0 N–H and O–H groups in total. The third-order valence-corrected chi connectivity index (χ3v) is 4.85. The van der Waals surface area contributed by atoms with Gasteiger partial charge in [0.15, 0.2) is 0 Å². The molecule has 1 heterocycles. The van der Waals surface area contributed by atoms with Gasteiger partial charge in [0.2, 0.25) is 5.79 Å². The Hall–Kier alpha value is -0.580. The molecular formula is C16H13BrCl2O2. The molecule has 0 aromatic heterocycles. The number of alkyl halides is 1. The Bertz CT molecular complexity index is 632. The van der Waals surface area contributed by atoms with Gasteiger partial charge in [-0.25, -0.2) is 0 Å². The molecule has 0 amide bonds. The molecule has 2 aromatic rings. The Labute approximate surface area is 142 Å². The maximum atomic E-state index is 6.24. The molecule has 0 bridgehead atoms. The van der Waals surface area contributed by atoms with Crippen molar-refractivity contribution in [3.05, 3.63) is 69.7 Å². The summed E-state index contributed by atoms with van der Waals surface area (Å²) in [6.07, 6.45) is -0.188. The molecule has 21 heavy (non-hydrogen) atoms. The predicted octanol–water partition coefficient (Wildman–Crippen LogP) is 5.33. The van der Waals surface area contributed by atoms with Crippen LogP contribution < -0.4 is 0 Å². The molecular weight excluding hydrogens is 375 g/mol. The van der Waals surface area contributed by atoms with Gasteiger partial charge in [0.05, 0.1) is 11.9 Å². The summed E-state index contributed by atoms with van der Waals surface area (Å²) in [6, 6.07) is 15.2. The number of benzene rings is 2. The largest absolute Gasteiger partial charge is 0.342 e. The van der Waals surface area contributed by atoms with Gasteiger partial charge in [-0.05, 0) is 18.2 Å². The fourth-order valence-electron chi connectivity index (χ4n) is 2.40. The Kier molecular flexibility index (Phi) is 4.57. The summed E-state index contributed by atoms with van der Waals surface area (Å²) in [7, 11) is 0. The van der Waals surface area contributed by atoms with Crippen LogP contribution in [0, 0.1) is 0 Å². The second kappa shape index (κ2) is 6.27. The molecule has 1 aliphatic rings. The van der Waals surface area contributed by atoms with Gasteiger partial charge in [0, 0.05) is 21.2 Å². The molecule has 5 heteroatoms. The highest BCUT2D eigenvalue weighted by atomic mass is 79.9. The van der Waals surface area contributed by atoms with Gasteiger partial charge in [-0.15, -0.1) is 0 Å². The van der Waals surface area contributed by atoms with Crippen molar-refractivity contribution in [1.82, 2.24) is 0 Å². The first kappa shape index (κ1) is 15.3. The summed E-state index contributed by atoms with van der Waals surface area (Å²) in [6.45, 7) is 0.456. The number of ether oxygens (including phenoxy) is 2. The smallest absolute Gasteiger partial charge is 0.205 e. The topological polar surface area (TPSA) is 18.5 Å². The minimum Gasteiger partial charge on any atom is -0.342 e. The second-order valence-corrected chi connectivity index (χ2v) is 6.24. The van der Waals surface area contributed by atoms with Crippen LogP contribution in [0.25, 0.3) is 0 Å². The van der Waals surface area contributed by atoms with E-state index < -0.39 is 5.79 Å². The quantitative estimate of drug-likeness (QED) is 0.662. The van der Waals surface area contributed by atoms with Crippen LogP contribution in [-0.2, 0) is 15.3 Å². The Balaban J connectivity index is 1.90. The van der Waals surface area contributed by atoms with Crippen LogP contribution in [0.5, 0.6) is 0 Å². The standard InChI is InChI=1S/C16H13BrCl2O2/c17-10-16(11-5-7-12(18)8-6-11)20-9-15(21-16)13-3-1-2-4-14(13)19/h1-8,15H,9-10H2/t15-,16+/m1/s1. The molecule has 0 spiro atoms. The highest BCUT2D eigenvalue weighted by Gasteiger charge is 2.43. The summed E-state index contributed by atoms with van der Waals surface area (Å²) < 4.78 is 12.2. The molecule has 0 radical (unpaired) electrons. The monoisotopic (exact) mass is 386 g/mol. The third kappa shape index (κ3) is 2.99. The lowest BCUT2D eigenvalue weighted by molar-refractivity contribution is -0.157. The Morgan fingerprint density at radius 2 is 1.81 bits per heavy atom. The van der Waals surface area contributed by atoms with Crippen LogP contribution in [0.15, 0.2) is 48.5 Å². The van der Waals surface area contributed by atoms with E-state index in [1.807, 2.05) is 48.5 Å². The van der Waals surface area contributed by atoms with Gasteiger partial charge in [-0.1, -0.05) is 69.5 Å². The summed E-state index contributed by atoms with van der Waals surface area (Å²) in [5.74, 6) is -0.811. The molecule has 3 rings (SSSR count).